The molecule has 0 amide bonds. The Balaban J connectivity index is 2.64. The Bertz CT molecular complexity index is 255. The first-order valence-corrected chi connectivity index (χ1v) is 5.32. The van der Waals surface area contributed by atoms with Gasteiger partial charge in [0.2, 0.25) is 0 Å². The van der Waals surface area contributed by atoms with E-state index in [1.54, 1.807) is 12.3 Å². The van der Waals surface area contributed by atoms with Gasteiger partial charge < -0.3 is 4.74 Å². The molecular weight excluding hydrogens is 176 g/mol. The highest BCUT2D eigenvalue weighted by Gasteiger charge is 2.11. The summed E-state index contributed by atoms with van der Waals surface area (Å²) in [4.78, 5) is 11.7. The summed E-state index contributed by atoms with van der Waals surface area (Å²) in [5.41, 5.74) is 2.03. The Labute approximate surface area is 85.6 Å². The molecule has 1 aliphatic rings. The molecule has 0 N–H and O–H groups in total. The van der Waals surface area contributed by atoms with E-state index in [-0.39, 0.29) is 5.78 Å². The first-order chi connectivity index (χ1) is 6.77. The maximum atomic E-state index is 11.7. The van der Waals surface area contributed by atoms with Gasteiger partial charge in [-0.05, 0) is 31.8 Å². The summed E-state index contributed by atoms with van der Waals surface area (Å²) in [6.07, 6.45) is 7.10. The topological polar surface area (TPSA) is 26.3 Å². The van der Waals surface area contributed by atoms with Crippen molar-refractivity contribution in [3.63, 3.8) is 0 Å². The molecule has 0 aromatic rings. The maximum absolute atomic E-state index is 11.7. The highest BCUT2D eigenvalue weighted by Crippen LogP contribution is 2.15. The summed E-state index contributed by atoms with van der Waals surface area (Å²) < 4.78 is 5.14. The molecule has 0 fully saturated rings. The van der Waals surface area contributed by atoms with Crippen molar-refractivity contribution >= 4 is 5.78 Å². The molecule has 0 aliphatic carbocycles. The highest BCUT2D eigenvalue weighted by atomic mass is 16.5. The van der Waals surface area contributed by atoms with Gasteiger partial charge in [-0.3, -0.25) is 4.79 Å². The lowest BCUT2D eigenvalue weighted by Gasteiger charge is -2.11. The number of ether oxygens (including phenoxy) is 1. The maximum Gasteiger partial charge on any atom is 0.184 e. The molecule has 0 atom stereocenters. The van der Waals surface area contributed by atoms with Crippen LogP contribution in [0, 0.1) is 0 Å². The van der Waals surface area contributed by atoms with Crippen LogP contribution in [-0.4, -0.2) is 12.4 Å². The summed E-state index contributed by atoms with van der Waals surface area (Å²) in [5.74, 6) is 0.128. The zero-order valence-electron chi connectivity index (χ0n) is 9.01. The third-order valence-corrected chi connectivity index (χ3v) is 2.49. The second-order valence-electron chi connectivity index (χ2n) is 3.49. The molecule has 1 rings (SSSR count). The number of hydrogen-bond acceptors (Lipinski definition) is 2. The fraction of sp³-hybridized carbons (Fsp3) is 0.583. The average Bonchev–Trinajstić information content (AvgIpc) is 2.26. The first kappa shape index (κ1) is 11.0. The molecule has 2 heteroatoms. The Morgan fingerprint density at radius 1 is 1.50 bits per heavy atom. The van der Waals surface area contributed by atoms with Crippen molar-refractivity contribution in [2.45, 2.75) is 39.5 Å². The molecule has 0 spiro atoms. The zero-order chi connectivity index (χ0) is 10.4. The Morgan fingerprint density at radius 2 is 2.21 bits per heavy atom. The van der Waals surface area contributed by atoms with E-state index in [0.717, 1.165) is 37.9 Å². The number of hydrogen-bond donors (Lipinski definition) is 0. The summed E-state index contributed by atoms with van der Waals surface area (Å²) in [6, 6.07) is 0. The highest BCUT2D eigenvalue weighted by molar-refractivity contribution is 6.04. The van der Waals surface area contributed by atoms with Crippen LogP contribution in [0.5, 0.6) is 0 Å². The SMILES string of the molecule is CCC(=CC(=O)C1=COCCC1)CC. The van der Waals surface area contributed by atoms with Gasteiger partial charge in [0.1, 0.15) is 0 Å². The quantitative estimate of drug-likeness (QED) is 0.643. The van der Waals surface area contributed by atoms with Gasteiger partial charge in [0.05, 0.1) is 12.9 Å². The van der Waals surface area contributed by atoms with E-state index >= 15 is 0 Å². The number of carbonyl (C=O) groups excluding carboxylic acids is 1. The molecule has 78 valence electrons. The monoisotopic (exact) mass is 194 g/mol. The molecule has 0 aromatic heterocycles. The van der Waals surface area contributed by atoms with Crippen LogP contribution in [0.3, 0.4) is 0 Å². The Kier molecular flexibility index (Phi) is 4.44. The van der Waals surface area contributed by atoms with E-state index in [2.05, 4.69) is 13.8 Å². The normalized spacial score (nSPS) is 15.4. The molecule has 14 heavy (non-hydrogen) atoms. The van der Waals surface area contributed by atoms with E-state index in [0.29, 0.717) is 0 Å². The van der Waals surface area contributed by atoms with Crippen LogP contribution in [0.2, 0.25) is 0 Å². The molecule has 0 saturated carbocycles. The van der Waals surface area contributed by atoms with Gasteiger partial charge in [0.25, 0.3) is 0 Å². The molecular formula is C12H18O2. The van der Waals surface area contributed by atoms with E-state index in [9.17, 15) is 4.79 Å². The van der Waals surface area contributed by atoms with Crippen LogP contribution in [0.15, 0.2) is 23.5 Å². The lowest BCUT2D eigenvalue weighted by molar-refractivity contribution is -0.111. The smallest absolute Gasteiger partial charge is 0.184 e. The fourth-order valence-electron chi connectivity index (χ4n) is 1.48. The molecule has 0 unspecified atom stereocenters. The van der Waals surface area contributed by atoms with Gasteiger partial charge in [-0.2, -0.15) is 0 Å². The minimum absolute atomic E-state index is 0.128. The largest absolute Gasteiger partial charge is 0.501 e. The summed E-state index contributed by atoms with van der Waals surface area (Å²) in [6.45, 7) is 4.90. The van der Waals surface area contributed by atoms with Gasteiger partial charge >= 0.3 is 0 Å². The predicted octanol–water partition coefficient (Wildman–Crippen LogP) is 3.00. The molecule has 1 heterocycles. The van der Waals surface area contributed by atoms with Gasteiger partial charge in [0.15, 0.2) is 5.78 Å². The standard InChI is InChI=1S/C12H18O2/c1-3-10(4-2)8-12(13)11-6-5-7-14-9-11/h8-9H,3-7H2,1-2H3. The minimum Gasteiger partial charge on any atom is -0.501 e. The van der Waals surface area contributed by atoms with Gasteiger partial charge in [-0.15, -0.1) is 0 Å². The van der Waals surface area contributed by atoms with E-state index in [1.807, 2.05) is 0 Å². The molecule has 0 aromatic carbocycles. The Hall–Kier alpha value is -1.05. The van der Waals surface area contributed by atoms with Crippen LogP contribution < -0.4 is 0 Å². The van der Waals surface area contributed by atoms with E-state index < -0.39 is 0 Å². The number of allylic oxidation sites excluding steroid dienone is 3. The lowest BCUT2D eigenvalue weighted by Crippen LogP contribution is -2.07. The van der Waals surface area contributed by atoms with Crippen molar-refractivity contribution in [1.29, 1.82) is 0 Å². The van der Waals surface area contributed by atoms with Crippen molar-refractivity contribution in [2.24, 2.45) is 0 Å². The van der Waals surface area contributed by atoms with E-state index in [1.165, 1.54) is 5.57 Å². The molecule has 2 nitrogen and oxygen atoms in total. The van der Waals surface area contributed by atoms with Crippen LogP contribution >= 0.6 is 0 Å². The predicted molar refractivity (Wildman–Crippen MR) is 56.9 cm³/mol. The van der Waals surface area contributed by atoms with Gasteiger partial charge in [-0.25, -0.2) is 0 Å². The van der Waals surface area contributed by atoms with E-state index in [4.69, 9.17) is 4.74 Å². The molecule has 1 aliphatic heterocycles. The third kappa shape index (κ3) is 3.02. The van der Waals surface area contributed by atoms with Crippen molar-refractivity contribution in [1.82, 2.24) is 0 Å². The van der Waals surface area contributed by atoms with Crippen LogP contribution in [0.4, 0.5) is 0 Å². The van der Waals surface area contributed by atoms with Crippen molar-refractivity contribution < 1.29 is 9.53 Å². The first-order valence-electron chi connectivity index (χ1n) is 5.32. The summed E-state index contributed by atoms with van der Waals surface area (Å²) in [7, 11) is 0. The number of carbonyl (C=O) groups is 1. The molecule has 0 saturated heterocycles. The van der Waals surface area contributed by atoms with Gasteiger partial charge in [0, 0.05) is 5.57 Å². The fourth-order valence-corrected chi connectivity index (χ4v) is 1.48. The average molecular weight is 194 g/mol. The number of rotatable bonds is 4. The molecule has 0 bridgehead atoms. The Morgan fingerprint density at radius 3 is 2.71 bits per heavy atom. The lowest BCUT2D eigenvalue weighted by atomic mass is 10.0. The van der Waals surface area contributed by atoms with Crippen molar-refractivity contribution in [3.8, 4) is 0 Å². The zero-order valence-corrected chi connectivity index (χ0v) is 9.01. The number of ketones is 1. The van der Waals surface area contributed by atoms with Crippen molar-refractivity contribution in [2.75, 3.05) is 6.61 Å². The van der Waals surface area contributed by atoms with Crippen LogP contribution in [0.25, 0.3) is 0 Å². The second kappa shape index (κ2) is 5.63. The van der Waals surface area contributed by atoms with Crippen LogP contribution in [-0.2, 0) is 9.53 Å². The molecule has 0 radical (unpaired) electrons. The minimum atomic E-state index is 0.128. The second-order valence-corrected chi connectivity index (χ2v) is 3.49. The third-order valence-electron chi connectivity index (χ3n) is 2.49. The van der Waals surface area contributed by atoms with Crippen LogP contribution in [0.1, 0.15) is 39.5 Å². The van der Waals surface area contributed by atoms with Crippen molar-refractivity contribution in [3.05, 3.63) is 23.5 Å². The summed E-state index contributed by atoms with van der Waals surface area (Å²) >= 11 is 0. The van der Waals surface area contributed by atoms with Gasteiger partial charge in [-0.1, -0.05) is 19.4 Å². The summed E-state index contributed by atoms with van der Waals surface area (Å²) in [5, 5.41) is 0.